The Morgan fingerprint density at radius 1 is 0.957 bits per heavy atom. The van der Waals surface area contributed by atoms with E-state index >= 15 is 0 Å². The Morgan fingerprint density at radius 3 is 2.30 bits per heavy atom. The largest absolute Gasteiger partial charge is 0.322 e. The normalized spacial score (nSPS) is 25.6. The van der Waals surface area contributed by atoms with Crippen LogP contribution in [0.5, 0.6) is 0 Å². The number of fused-ring (bicyclic) bond motifs is 1. The average molecular weight is 362 g/mol. The summed E-state index contributed by atoms with van der Waals surface area (Å²) in [4.78, 5) is 2.02. The summed E-state index contributed by atoms with van der Waals surface area (Å²) in [6, 6.07) is 18.3. The van der Waals surface area contributed by atoms with Crippen LogP contribution in [-0.2, 0) is 9.84 Å². The summed E-state index contributed by atoms with van der Waals surface area (Å²) in [7, 11) is -2.94. The standard InChI is InChI=1S/C17H15NO2S3/c19-23(20)10-15-16(11-23)22-17(21)18(15)14-8-6-13(7-9-14)12-4-2-1-3-5-12/h1-9,15-16H,10-11H2/t15-,16-/m1/s1. The van der Waals surface area contributed by atoms with Gasteiger partial charge in [0.05, 0.1) is 17.5 Å². The first-order valence-corrected chi connectivity index (χ1v) is 10.5. The van der Waals surface area contributed by atoms with E-state index in [0.717, 1.165) is 15.6 Å². The van der Waals surface area contributed by atoms with Crippen molar-refractivity contribution in [1.29, 1.82) is 0 Å². The highest BCUT2D eigenvalue weighted by Crippen LogP contribution is 2.41. The smallest absolute Gasteiger partial charge is 0.153 e. The van der Waals surface area contributed by atoms with Crippen molar-refractivity contribution in [1.82, 2.24) is 0 Å². The molecule has 0 aromatic heterocycles. The minimum atomic E-state index is -2.94. The van der Waals surface area contributed by atoms with Crippen LogP contribution >= 0.6 is 24.0 Å². The van der Waals surface area contributed by atoms with Gasteiger partial charge < -0.3 is 4.90 Å². The predicted molar refractivity (Wildman–Crippen MR) is 101 cm³/mol. The summed E-state index contributed by atoms with van der Waals surface area (Å²) in [6.45, 7) is 0. The van der Waals surface area contributed by atoms with Gasteiger partial charge >= 0.3 is 0 Å². The van der Waals surface area contributed by atoms with Gasteiger partial charge in [-0.2, -0.15) is 0 Å². The number of hydrogen-bond acceptors (Lipinski definition) is 4. The highest BCUT2D eigenvalue weighted by Gasteiger charge is 2.48. The zero-order valence-corrected chi connectivity index (χ0v) is 14.7. The van der Waals surface area contributed by atoms with Gasteiger partial charge in [0.1, 0.15) is 4.32 Å². The lowest BCUT2D eigenvalue weighted by atomic mass is 10.1. The third-order valence-corrected chi connectivity index (χ3v) is 7.90. The summed E-state index contributed by atoms with van der Waals surface area (Å²) in [5.74, 6) is 0.437. The number of sulfone groups is 1. The van der Waals surface area contributed by atoms with Crippen LogP contribution < -0.4 is 4.90 Å². The summed E-state index contributed by atoms with van der Waals surface area (Å²) < 4.78 is 24.5. The van der Waals surface area contributed by atoms with Crippen LogP contribution in [0.3, 0.4) is 0 Å². The number of thioether (sulfide) groups is 1. The molecule has 6 heteroatoms. The lowest BCUT2D eigenvalue weighted by Gasteiger charge is -2.24. The average Bonchev–Trinajstić information content (AvgIpc) is 2.98. The van der Waals surface area contributed by atoms with E-state index in [1.165, 1.54) is 17.3 Å². The molecule has 2 saturated heterocycles. The van der Waals surface area contributed by atoms with E-state index in [0.29, 0.717) is 0 Å². The van der Waals surface area contributed by atoms with Gasteiger partial charge in [0.25, 0.3) is 0 Å². The molecule has 2 aromatic rings. The van der Waals surface area contributed by atoms with Crippen LogP contribution in [0.2, 0.25) is 0 Å². The van der Waals surface area contributed by atoms with Crippen molar-refractivity contribution in [2.24, 2.45) is 0 Å². The van der Waals surface area contributed by atoms with Crippen molar-refractivity contribution in [3.8, 4) is 11.1 Å². The van der Waals surface area contributed by atoms with Crippen LogP contribution in [0.4, 0.5) is 5.69 Å². The second-order valence-electron chi connectivity index (χ2n) is 5.85. The molecule has 23 heavy (non-hydrogen) atoms. The van der Waals surface area contributed by atoms with E-state index in [4.69, 9.17) is 12.2 Å². The first-order valence-electron chi connectivity index (χ1n) is 7.39. The van der Waals surface area contributed by atoms with Crippen molar-refractivity contribution in [2.75, 3.05) is 16.4 Å². The summed E-state index contributed by atoms with van der Waals surface area (Å²) in [5, 5.41) is 0.0706. The molecule has 0 spiro atoms. The number of benzene rings is 2. The molecule has 0 aliphatic carbocycles. The minimum absolute atomic E-state index is 0.0277. The molecule has 2 aromatic carbocycles. The fraction of sp³-hybridized carbons (Fsp3) is 0.235. The topological polar surface area (TPSA) is 37.4 Å². The molecule has 2 heterocycles. The summed E-state index contributed by atoms with van der Waals surface area (Å²) in [5.41, 5.74) is 3.29. The minimum Gasteiger partial charge on any atom is -0.322 e. The third-order valence-electron chi connectivity index (χ3n) is 4.31. The molecule has 2 aliphatic rings. The van der Waals surface area contributed by atoms with Gasteiger partial charge in [0.2, 0.25) is 0 Å². The molecule has 2 fully saturated rings. The molecule has 2 aliphatic heterocycles. The van der Waals surface area contributed by atoms with E-state index in [9.17, 15) is 8.42 Å². The molecule has 0 N–H and O–H groups in total. The molecule has 0 saturated carbocycles. The number of nitrogens with zero attached hydrogens (tertiary/aromatic N) is 1. The van der Waals surface area contributed by atoms with Crippen molar-refractivity contribution in [3.63, 3.8) is 0 Å². The maximum Gasteiger partial charge on any atom is 0.153 e. The van der Waals surface area contributed by atoms with Gasteiger partial charge in [0.15, 0.2) is 9.84 Å². The fourth-order valence-electron chi connectivity index (χ4n) is 3.21. The van der Waals surface area contributed by atoms with Crippen molar-refractivity contribution in [2.45, 2.75) is 11.3 Å². The van der Waals surface area contributed by atoms with Crippen molar-refractivity contribution in [3.05, 3.63) is 54.6 Å². The second kappa shape index (κ2) is 5.61. The molecule has 4 rings (SSSR count). The zero-order valence-electron chi connectivity index (χ0n) is 12.3. The molecule has 0 amide bonds. The Balaban J connectivity index is 1.64. The van der Waals surface area contributed by atoms with Gasteiger partial charge in [-0.3, -0.25) is 0 Å². The second-order valence-corrected chi connectivity index (χ2v) is 9.88. The molecule has 0 unspecified atom stereocenters. The molecule has 0 radical (unpaired) electrons. The van der Waals surface area contributed by atoms with Crippen molar-refractivity contribution < 1.29 is 8.42 Å². The number of hydrogen-bond donors (Lipinski definition) is 0. The van der Waals surface area contributed by atoms with E-state index in [1.807, 2.05) is 35.2 Å². The number of anilines is 1. The number of rotatable bonds is 2. The Kier molecular flexibility index (Phi) is 3.70. The van der Waals surface area contributed by atoms with Crippen molar-refractivity contribution >= 4 is 43.8 Å². The maximum absolute atomic E-state index is 11.9. The maximum atomic E-state index is 11.9. The van der Waals surface area contributed by atoms with Crippen LogP contribution in [0.1, 0.15) is 0 Å². The van der Waals surface area contributed by atoms with Crippen LogP contribution in [0, 0.1) is 0 Å². The van der Waals surface area contributed by atoms with Gasteiger partial charge in [0, 0.05) is 10.9 Å². The van der Waals surface area contributed by atoms with Gasteiger partial charge in [-0.15, -0.1) is 0 Å². The quantitative estimate of drug-likeness (QED) is 0.767. The SMILES string of the molecule is O=S1(=O)C[C@@H]2[C@@H](C1)SC(=S)N2c1ccc(-c2ccccc2)cc1. The Bertz CT molecular complexity index is 847. The lowest BCUT2D eigenvalue weighted by Crippen LogP contribution is -2.36. The van der Waals surface area contributed by atoms with Gasteiger partial charge in [-0.05, 0) is 23.3 Å². The summed E-state index contributed by atoms with van der Waals surface area (Å²) in [6.07, 6.45) is 0. The Morgan fingerprint density at radius 2 is 1.61 bits per heavy atom. The molecule has 118 valence electrons. The molecule has 3 nitrogen and oxygen atoms in total. The van der Waals surface area contributed by atoms with E-state index < -0.39 is 9.84 Å². The van der Waals surface area contributed by atoms with Gasteiger partial charge in [-0.1, -0.05) is 66.4 Å². The molecule has 0 bridgehead atoms. The lowest BCUT2D eigenvalue weighted by molar-refractivity contribution is 0.601. The van der Waals surface area contributed by atoms with E-state index in [-0.39, 0.29) is 22.8 Å². The van der Waals surface area contributed by atoms with Crippen LogP contribution in [-0.4, -0.2) is 35.5 Å². The molecular weight excluding hydrogens is 346 g/mol. The molecule has 2 atom stereocenters. The van der Waals surface area contributed by atoms with Gasteiger partial charge in [-0.25, -0.2) is 8.42 Å². The first kappa shape index (κ1) is 15.2. The highest BCUT2D eigenvalue weighted by molar-refractivity contribution is 8.24. The number of thiocarbonyl (C=S) groups is 1. The predicted octanol–water partition coefficient (Wildman–Crippen LogP) is 3.36. The summed E-state index contributed by atoms with van der Waals surface area (Å²) >= 11 is 6.99. The fourth-order valence-corrected chi connectivity index (χ4v) is 7.59. The third kappa shape index (κ3) is 2.79. The van der Waals surface area contributed by atoms with Crippen LogP contribution in [0.25, 0.3) is 11.1 Å². The zero-order chi connectivity index (χ0) is 16.0. The Hall–Kier alpha value is -1.37. The molecular formula is C17H15NO2S3. The van der Waals surface area contributed by atoms with Crippen LogP contribution in [0.15, 0.2) is 54.6 Å². The highest BCUT2D eigenvalue weighted by atomic mass is 32.2. The Labute approximate surface area is 145 Å². The van der Waals surface area contributed by atoms with E-state index in [1.54, 1.807) is 0 Å². The van der Waals surface area contributed by atoms with E-state index in [2.05, 4.69) is 24.3 Å². The first-order chi connectivity index (χ1) is 11.0. The monoisotopic (exact) mass is 361 g/mol.